The van der Waals surface area contributed by atoms with Crippen molar-refractivity contribution in [2.24, 2.45) is 5.84 Å². The highest BCUT2D eigenvalue weighted by atomic mass is 19.1. The molecule has 0 fully saturated rings. The number of pyridine rings is 1. The van der Waals surface area contributed by atoms with Crippen molar-refractivity contribution in [3.63, 3.8) is 0 Å². The molecule has 1 aliphatic carbocycles. The molecule has 0 aliphatic heterocycles. The Morgan fingerprint density at radius 2 is 2.11 bits per heavy atom. The van der Waals surface area contributed by atoms with Crippen LogP contribution < -0.4 is 11.3 Å². The van der Waals surface area contributed by atoms with Crippen LogP contribution in [0.1, 0.15) is 17.7 Å². The lowest BCUT2D eigenvalue weighted by Gasteiger charge is -2.08. The maximum Gasteiger partial charge on any atom is 0.180 e. The average molecular weight is 245 g/mol. The number of nitrogens with two attached hydrogens (primary N) is 1. The van der Waals surface area contributed by atoms with Gasteiger partial charge in [-0.1, -0.05) is 0 Å². The summed E-state index contributed by atoms with van der Waals surface area (Å²) >= 11 is 0. The minimum absolute atomic E-state index is 0.378. The molecule has 2 heterocycles. The number of hydrazine groups is 1. The highest BCUT2D eigenvalue weighted by Gasteiger charge is 2.19. The van der Waals surface area contributed by atoms with E-state index in [9.17, 15) is 4.39 Å². The van der Waals surface area contributed by atoms with Crippen LogP contribution in [0.4, 0.5) is 10.2 Å². The molecule has 6 heteroatoms. The molecule has 0 atom stereocenters. The monoisotopic (exact) mass is 245 g/mol. The van der Waals surface area contributed by atoms with Crippen LogP contribution in [0, 0.1) is 5.82 Å². The van der Waals surface area contributed by atoms with E-state index in [4.69, 9.17) is 5.84 Å². The topological polar surface area (TPSA) is 76.7 Å². The second-order valence-electron chi connectivity index (χ2n) is 4.18. The highest BCUT2D eigenvalue weighted by Crippen LogP contribution is 2.27. The Hall–Kier alpha value is -2.08. The van der Waals surface area contributed by atoms with Crippen molar-refractivity contribution < 1.29 is 4.39 Å². The van der Waals surface area contributed by atoms with Gasteiger partial charge >= 0.3 is 0 Å². The van der Waals surface area contributed by atoms with E-state index in [0.29, 0.717) is 17.3 Å². The molecule has 2 aromatic heterocycles. The van der Waals surface area contributed by atoms with E-state index in [1.165, 1.54) is 6.07 Å². The molecule has 3 N–H and O–H groups in total. The van der Waals surface area contributed by atoms with Crippen molar-refractivity contribution in [3.8, 4) is 11.5 Å². The number of nitrogen functional groups attached to an aromatic ring is 1. The summed E-state index contributed by atoms with van der Waals surface area (Å²) < 4.78 is 12.8. The van der Waals surface area contributed by atoms with E-state index < -0.39 is 0 Å². The molecule has 0 spiro atoms. The molecule has 0 radical (unpaired) electrons. The molecule has 0 amide bonds. The van der Waals surface area contributed by atoms with E-state index in [1.807, 2.05) is 0 Å². The maximum atomic E-state index is 12.8. The normalized spacial score (nSPS) is 13.4. The molecule has 18 heavy (non-hydrogen) atoms. The van der Waals surface area contributed by atoms with Gasteiger partial charge in [-0.25, -0.2) is 25.2 Å². The first-order chi connectivity index (χ1) is 8.78. The van der Waals surface area contributed by atoms with Crippen molar-refractivity contribution >= 4 is 5.82 Å². The van der Waals surface area contributed by atoms with Gasteiger partial charge in [-0.05, 0) is 31.4 Å². The molecular formula is C12H12FN5. The van der Waals surface area contributed by atoms with Crippen LogP contribution >= 0.6 is 0 Å². The van der Waals surface area contributed by atoms with E-state index in [2.05, 4.69) is 20.4 Å². The van der Waals surface area contributed by atoms with Crippen molar-refractivity contribution in [2.45, 2.75) is 19.3 Å². The van der Waals surface area contributed by atoms with Gasteiger partial charge in [-0.2, -0.15) is 0 Å². The Labute approximate surface area is 103 Å². The van der Waals surface area contributed by atoms with Crippen LogP contribution in [-0.2, 0) is 12.8 Å². The van der Waals surface area contributed by atoms with Gasteiger partial charge in [0.15, 0.2) is 5.82 Å². The van der Waals surface area contributed by atoms with Crippen LogP contribution in [0.15, 0.2) is 18.3 Å². The molecule has 0 saturated heterocycles. The second kappa shape index (κ2) is 4.30. The average Bonchev–Trinajstić information content (AvgIpc) is 2.86. The number of nitrogens with zero attached hydrogens (tertiary/aromatic N) is 3. The van der Waals surface area contributed by atoms with Gasteiger partial charge in [0.25, 0.3) is 0 Å². The van der Waals surface area contributed by atoms with Gasteiger partial charge in [-0.15, -0.1) is 0 Å². The number of fused-ring (bicyclic) bond motifs is 1. The molecular weight excluding hydrogens is 233 g/mol. The van der Waals surface area contributed by atoms with Crippen molar-refractivity contribution in [1.29, 1.82) is 0 Å². The number of aryl methyl sites for hydroxylation is 1. The number of anilines is 1. The molecule has 92 valence electrons. The van der Waals surface area contributed by atoms with Gasteiger partial charge in [0.05, 0.1) is 6.20 Å². The summed E-state index contributed by atoms with van der Waals surface area (Å²) in [4.78, 5) is 12.8. The molecule has 3 rings (SSSR count). The third-order valence-corrected chi connectivity index (χ3v) is 3.03. The standard InChI is InChI=1S/C12H12FN5/c13-7-4-5-10(15-6-7)12-16-9-3-1-2-8(9)11(17-12)18-14/h4-6H,1-3,14H2,(H,16,17,18). The number of hydrogen-bond donors (Lipinski definition) is 2. The van der Waals surface area contributed by atoms with Crippen LogP contribution in [0.3, 0.4) is 0 Å². The largest absolute Gasteiger partial charge is 0.308 e. The summed E-state index contributed by atoms with van der Waals surface area (Å²) in [7, 11) is 0. The van der Waals surface area contributed by atoms with Crippen molar-refractivity contribution in [1.82, 2.24) is 15.0 Å². The zero-order chi connectivity index (χ0) is 12.5. The summed E-state index contributed by atoms with van der Waals surface area (Å²) in [6, 6.07) is 2.90. The Morgan fingerprint density at radius 1 is 1.22 bits per heavy atom. The zero-order valence-electron chi connectivity index (χ0n) is 9.65. The SMILES string of the molecule is NNc1nc(-c2ccc(F)cn2)nc2c1CCC2. The summed E-state index contributed by atoms with van der Waals surface area (Å²) in [5, 5.41) is 0. The molecule has 0 unspecified atom stereocenters. The number of hydrogen-bond acceptors (Lipinski definition) is 5. The highest BCUT2D eigenvalue weighted by molar-refractivity contribution is 5.57. The van der Waals surface area contributed by atoms with Crippen molar-refractivity contribution in [3.05, 3.63) is 35.4 Å². The maximum absolute atomic E-state index is 12.8. The van der Waals surface area contributed by atoms with Gasteiger partial charge in [0, 0.05) is 11.3 Å². The van der Waals surface area contributed by atoms with Crippen LogP contribution in [-0.4, -0.2) is 15.0 Å². The van der Waals surface area contributed by atoms with Gasteiger partial charge in [0.2, 0.25) is 0 Å². The number of rotatable bonds is 2. The first-order valence-corrected chi connectivity index (χ1v) is 5.76. The molecule has 2 aromatic rings. The van der Waals surface area contributed by atoms with Gasteiger partial charge < -0.3 is 5.43 Å². The third kappa shape index (κ3) is 1.80. The van der Waals surface area contributed by atoms with Crippen LogP contribution in [0.2, 0.25) is 0 Å². The third-order valence-electron chi connectivity index (χ3n) is 3.03. The minimum Gasteiger partial charge on any atom is -0.308 e. The first kappa shape index (κ1) is 11.0. The van der Waals surface area contributed by atoms with Crippen LogP contribution in [0.25, 0.3) is 11.5 Å². The first-order valence-electron chi connectivity index (χ1n) is 5.76. The van der Waals surface area contributed by atoms with E-state index in [1.54, 1.807) is 6.07 Å². The predicted octanol–water partition coefficient (Wildman–Crippen LogP) is 1.45. The van der Waals surface area contributed by atoms with Gasteiger partial charge in [0.1, 0.15) is 17.3 Å². The second-order valence-corrected chi connectivity index (χ2v) is 4.18. The fraction of sp³-hybridized carbons (Fsp3) is 0.250. The molecule has 5 nitrogen and oxygen atoms in total. The summed E-state index contributed by atoms with van der Waals surface area (Å²) in [6.07, 6.45) is 4.06. The summed E-state index contributed by atoms with van der Waals surface area (Å²) in [5.74, 6) is 6.21. The molecule has 1 aliphatic rings. The number of halogens is 1. The Balaban J connectivity index is 2.10. The van der Waals surface area contributed by atoms with E-state index in [-0.39, 0.29) is 5.82 Å². The summed E-state index contributed by atoms with van der Waals surface area (Å²) in [5.41, 5.74) is 5.21. The Bertz CT molecular complexity index is 582. The lowest BCUT2D eigenvalue weighted by molar-refractivity contribution is 0.621. The number of nitrogens with one attached hydrogen (secondary N) is 1. The lowest BCUT2D eigenvalue weighted by Crippen LogP contribution is -2.13. The molecule has 0 saturated carbocycles. The lowest BCUT2D eigenvalue weighted by atomic mass is 10.2. The molecule has 0 aromatic carbocycles. The fourth-order valence-electron chi connectivity index (χ4n) is 2.17. The minimum atomic E-state index is -0.378. The Morgan fingerprint density at radius 3 is 2.83 bits per heavy atom. The van der Waals surface area contributed by atoms with E-state index in [0.717, 1.165) is 36.7 Å². The van der Waals surface area contributed by atoms with Crippen LogP contribution in [0.5, 0.6) is 0 Å². The number of aromatic nitrogens is 3. The van der Waals surface area contributed by atoms with Gasteiger partial charge in [-0.3, -0.25) is 0 Å². The zero-order valence-corrected chi connectivity index (χ0v) is 9.65. The predicted molar refractivity (Wildman–Crippen MR) is 65.1 cm³/mol. The smallest absolute Gasteiger partial charge is 0.180 e. The van der Waals surface area contributed by atoms with E-state index >= 15 is 0 Å². The van der Waals surface area contributed by atoms with Crippen molar-refractivity contribution in [2.75, 3.05) is 5.43 Å². The fourth-order valence-corrected chi connectivity index (χ4v) is 2.17. The molecule has 0 bridgehead atoms. The summed E-state index contributed by atoms with van der Waals surface area (Å²) in [6.45, 7) is 0. The Kier molecular flexibility index (Phi) is 2.64. The quantitative estimate of drug-likeness (QED) is 0.618.